The molecule has 0 saturated carbocycles. The summed E-state index contributed by atoms with van der Waals surface area (Å²) in [6, 6.07) is 22.6. The summed E-state index contributed by atoms with van der Waals surface area (Å²) in [5, 5.41) is 0. The number of hydrogen-bond donors (Lipinski definition) is 0. The van der Waals surface area contributed by atoms with Crippen molar-refractivity contribution < 1.29 is 23.4 Å². The van der Waals surface area contributed by atoms with Crippen LogP contribution in [0, 0.1) is 0 Å². The Morgan fingerprint density at radius 2 is 1.74 bits per heavy atom. The zero-order chi connectivity index (χ0) is 24.5. The highest BCUT2D eigenvalue weighted by Crippen LogP contribution is 2.33. The third-order valence-electron chi connectivity index (χ3n) is 5.19. The molecule has 6 heteroatoms. The first kappa shape index (κ1) is 23.8. The van der Waals surface area contributed by atoms with Crippen LogP contribution in [0.2, 0.25) is 0 Å². The summed E-state index contributed by atoms with van der Waals surface area (Å²) in [6.07, 6.45) is 5.47. The summed E-state index contributed by atoms with van der Waals surface area (Å²) < 4.78 is 22.8. The SMILES string of the molecule is CCCOc1ccccc1C(=O)/C=C/c1coc(-c2ccc(OC)c(OCc3ccccc3)c2)n1. The zero-order valence-corrected chi connectivity index (χ0v) is 19.8. The summed E-state index contributed by atoms with van der Waals surface area (Å²) in [6.45, 7) is 2.99. The van der Waals surface area contributed by atoms with Crippen LogP contribution in [0.5, 0.6) is 17.2 Å². The number of carbonyl (C=O) groups is 1. The first-order valence-corrected chi connectivity index (χ1v) is 11.4. The number of oxazole rings is 1. The van der Waals surface area contributed by atoms with Crippen LogP contribution in [-0.4, -0.2) is 24.5 Å². The van der Waals surface area contributed by atoms with E-state index < -0.39 is 0 Å². The highest BCUT2D eigenvalue weighted by atomic mass is 16.5. The van der Waals surface area contributed by atoms with E-state index in [9.17, 15) is 4.79 Å². The number of methoxy groups -OCH3 is 1. The van der Waals surface area contributed by atoms with E-state index in [4.69, 9.17) is 18.6 Å². The van der Waals surface area contributed by atoms with Crippen LogP contribution in [0.1, 0.15) is 35.0 Å². The second kappa shape index (κ2) is 11.7. The van der Waals surface area contributed by atoms with E-state index in [-0.39, 0.29) is 5.78 Å². The van der Waals surface area contributed by atoms with Gasteiger partial charge in [-0.3, -0.25) is 4.79 Å². The lowest BCUT2D eigenvalue weighted by Crippen LogP contribution is -2.02. The maximum Gasteiger partial charge on any atom is 0.226 e. The number of nitrogens with zero attached hydrogens (tertiary/aromatic N) is 1. The van der Waals surface area contributed by atoms with Crippen LogP contribution in [0.4, 0.5) is 0 Å². The molecule has 0 spiro atoms. The van der Waals surface area contributed by atoms with Gasteiger partial charge in [-0.2, -0.15) is 0 Å². The molecule has 3 aromatic carbocycles. The van der Waals surface area contributed by atoms with Gasteiger partial charge >= 0.3 is 0 Å². The fourth-order valence-electron chi connectivity index (χ4n) is 3.41. The first-order valence-electron chi connectivity index (χ1n) is 11.4. The number of ketones is 1. The second-order valence-electron chi connectivity index (χ2n) is 7.76. The van der Waals surface area contributed by atoms with E-state index in [2.05, 4.69) is 4.98 Å². The van der Waals surface area contributed by atoms with Crippen molar-refractivity contribution in [1.82, 2.24) is 4.98 Å². The van der Waals surface area contributed by atoms with Crippen molar-refractivity contribution >= 4 is 11.9 Å². The quantitative estimate of drug-likeness (QED) is 0.182. The molecule has 4 aromatic rings. The monoisotopic (exact) mass is 469 g/mol. The van der Waals surface area contributed by atoms with Gasteiger partial charge in [0.05, 0.1) is 19.3 Å². The minimum absolute atomic E-state index is 0.165. The van der Waals surface area contributed by atoms with Crippen molar-refractivity contribution in [3.05, 3.63) is 102 Å². The number of rotatable bonds is 11. The molecule has 35 heavy (non-hydrogen) atoms. The Kier molecular flexibility index (Phi) is 7.96. The van der Waals surface area contributed by atoms with Crippen molar-refractivity contribution in [3.8, 4) is 28.7 Å². The Bertz CT molecular complexity index is 1290. The van der Waals surface area contributed by atoms with Crippen molar-refractivity contribution in [2.24, 2.45) is 0 Å². The van der Waals surface area contributed by atoms with Gasteiger partial charge in [-0.25, -0.2) is 4.98 Å². The van der Waals surface area contributed by atoms with E-state index in [0.717, 1.165) is 17.5 Å². The van der Waals surface area contributed by atoms with E-state index >= 15 is 0 Å². The molecule has 0 radical (unpaired) electrons. The Hall–Kier alpha value is -4.32. The maximum absolute atomic E-state index is 12.7. The molecule has 0 atom stereocenters. The Morgan fingerprint density at radius 3 is 2.54 bits per heavy atom. The minimum Gasteiger partial charge on any atom is -0.493 e. The maximum atomic E-state index is 12.7. The van der Waals surface area contributed by atoms with E-state index in [0.29, 0.717) is 47.6 Å². The van der Waals surface area contributed by atoms with Gasteiger partial charge < -0.3 is 18.6 Å². The summed E-state index contributed by atoms with van der Waals surface area (Å²) in [5.74, 6) is 2.03. The number of allylic oxidation sites excluding steroid dienone is 1. The fourth-order valence-corrected chi connectivity index (χ4v) is 3.41. The van der Waals surface area contributed by atoms with Crippen molar-refractivity contribution in [2.45, 2.75) is 20.0 Å². The molecule has 178 valence electrons. The summed E-state index contributed by atoms with van der Waals surface area (Å²) in [5.41, 5.74) is 2.83. The predicted molar refractivity (Wildman–Crippen MR) is 135 cm³/mol. The largest absolute Gasteiger partial charge is 0.493 e. The standard InChI is InChI=1S/C29H27NO5/c1-3-17-33-26-12-8-7-11-24(26)25(31)15-14-23-20-35-29(30-23)22-13-16-27(32-2)28(18-22)34-19-21-9-5-4-6-10-21/h4-16,18,20H,3,17,19H2,1-2H3/b15-14+. The van der Waals surface area contributed by atoms with Gasteiger partial charge in [-0.1, -0.05) is 49.4 Å². The molecule has 1 aromatic heterocycles. The van der Waals surface area contributed by atoms with Crippen LogP contribution < -0.4 is 14.2 Å². The molecule has 0 amide bonds. The average Bonchev–Trinajstić information content (AvgIpc) is 3.39. The van der Waals surface area contributed by atoms with Gasteiger partial charge in [0.1, 0.15) is 24.3 Å². The topological polar surface area (TPSA) is 70.8 Å². The van der Waals surface area contributed by atoms with Crippen LogP contribution in [-0.2, 0) is 6.61 Å². The third-order valence-corrected chi connectivity index (χ3v) is 5.19. The number of hydrogen-bond acceptors (Lipinski definition) is 6. The summed E-state index contributed by atoms with van der Waals surface area (Å²) in [4.78, 5) is 17.2. The molecule has 1 heterocycles. The lowest BCUT2D eigenvalue weighted by molar-refractivity contribution is 0.104. The van der Waals surface area contributed by atoms with Gasteiger partial charge in [0.25, 0.3) is 0 Å². The van der Waals surface area contributed by atoms with Crippen molar-refractivity contribution in [3.63, 3.8) is 0 Å². The molecule has 0 unspecified atom stereocenters. The molecular formula is C29H27NO5. The molecule has 0 N–H and O–H groups in total. The van der Waals surface area contributed by atoms with Crippen molar-refractivity contribution in [2.75, 3.05) is 13.7 Å². The zero-order valence-electron chi connectivity index (χ0n) is 19.8. The molecule has 0 aliphatic rings. The number of aromatic nitrogens is 1. The third kappa shape index (κ3) is 6.18. The normalized spacial score (nSPS) is 10.9. The summed E-state index contributed by atoms with van der Waals surface area (Å²) in [7, 11) is 1.60. The number of benzene rings is 3. The second-order valence-corrected chi connectivity index (χ2v) is 7.76. The Balaban J connectivity index is 1.48. The lowest BCUT2D eigenvalue weighted by Gasteiger charge is -2.11. The lowest BCUT2D eigenvalue weighted by atomic mass is 10.1. The molecule has 0 aliphatic carbocycles. The Morgan fingerprint density at radius 1 is 0.943 bits per heavy atom. The average molecular weight is 470 g/mol. The highest BCUT2D eigenvalue weighted by molar-refractivity contribution is 6.08. The number of ether oxygens (including phenoxy) is 3. The molecule has 0 saturated heterocycles. The van der Waals surface area contributed by atoms with E-state index in [1.165, 1.54) is 12.3 Å². The molecule has 4 rings (SSSR count). The predicted octanol–water partition coefficient (Wildman–Crippen LogP) is 6.61. The highest BCUT2D eigenvalue weighted by Gasteiger charge is 2.13. The molecule has 0 fully saturated rings. The Labute approximate surface area is 204 Å². The van der Waals surface area contributed by atoms with Crippen LogP contribution in [0.25, 0.3) is 17.5 Å². The summed E-state index contributed by atoms with van der Waals surface area (Å²) >= 11 is 0. The van der Waals surface area contributed by atoms with Gasteiger partial charge in [-0.05, 0) is 54.5 Å². The van der Waals surface area contributed by atoms with Gasteiger partial charge in [0.2, 0.25) is 5.89 Å². The van der Waals surface area contributed by atoms with Crippen LogP contribution in [0.3, 0.4) is 0 Å². The van der Waals surface area contributed by atoms with E-state index in [1.54, 1.807) is 25.3 Å². The fraction of sp³-hybridized carbons (Fsp3) is 0.172. The number of carbonyl (C=O) groups excluding carboxylic acids is 1. The van der Waals surface area contributed by atoms with Gasteiger partial charge in [-0.15, -0.1) is 0 Å². The minimum atomic E-state index is -0.165. The smallest absolute Gasteiger partial charge is 0.226 e. The van der Waals surface area contributed by atoms with Gasteiger partial charge in [0.15, 0.2) is 17.3 Å². The van der Waals surface area contributed by atoms with Crippen LogP contribution >= 0.6 is 0 Å². The molecule has 0 aliphatic heterocycles. The molecule has 6 nitrogen and oxygen atoms in total. The van der Waals surface area contributed by atoms with E-state index in [1.807, 2.05) is 67.6 Å². The van der Waals surface area contributed by atoms with Crippen molar-refractivity contribution in [1.29, 1.82) is 0 Å². The van der Waals surface area contributed by atoms with Gasteiger partial charge in [0, 0.05) is 5.56 Å². The molecule has 0 bridgehead atoms. The number of para-hydroxylation sites is 1. The van der Waals surface area contributed by atoms with Crippen LogP contribution in [0.15, 0.2) is 89.6 Å². The first-order chi connectivity index (χ1) is 17.2. The molecular weight excluding hydrogens is 442 g/mol.